The Balaban J connectivity index is 2.17. The average Bonchev–Trinajstić information content (AvgIpc) is 2.86. The first-order chi connectivity index (χ1) is 12.4. The predicted molar refractivity (Wildman–Crippen MR) is 100 cm³/mol. The molecule has 26 heavy (non-hydrogen) atoms. The van der Waals surface area contributed by atoms with E-state index in [1.54, 1.807) is 18.2 Å². The Hall–Kier alpha value is -2.83. The molecule has 1 heterocycles. The van der Waals surface area contributed by atoms with Gasteiger partial charge in [0.1, 0.15) is 0 Å². The molecule has 0 aliphatic heterocycles. The number of carboxylic acid groups (broad SMARTS) is 1. The van der Waals surface area contributed by atoms with E-state index in [4.69, 9.17) is 17.4 Å². The summed E-state index contributed by atoms with van der Waals surface area (Å²) in [6, 6.07) is 12.7. The van der Waals surface area contributed by atoms with Gasteiger partial charge >= 0.3 is 5.97 Å². The number of hydrogen-bond donors (Lipinski definition) is 3. The van der Waals surface area contributed by atoms with Crippen LogP contribution in [0.25, 0.3) is 10.9 Å². The van der Waals surface area contributed by atoms with Crippen LogP contribution in [0.5, 0.6) is 0 Å². The first kappa shape index (κ1) is 18.0. The quantitative estimate of drug-likeness (QED) is 0.365. The zero-order valence-electron chi connectivity index (χ0n) is 14.1. The van der Waals surface area contributed by atoms with Gasteiger partial charge in [0.05, 0.1) is 6.42 Å². The molecule has 0 unspecified atom stereocenters. The van der Waals surface area contributed by atoms with E-state index in [-0.39, 0.29) is 6.42 Å². The van der Waals surface area contributed by atoms with Crippen molar-refractivity contribution in [3.8, 4) is 0 Å². The van der Waals surface area contributed by atoms with E-state index < -0.39 is 11.9 Å². The molecule has 0 fully saturated rings. The molecule has 4 N–H and O–H groups in total. The van der Waals surface area contributed by atoms with Gasteiger partial charge in [-0.2, -0.15) is 0 Å². The molecule has 1 amide bonds. The Kier molecular flexibility index (Phi) is 4.97. The summed E-state index contributed by atoms with van der Waals surface area (Å²) in [5.74, 6) is 3.86. The molecule has 1 aromatic heterocycles. The predicted octanol–water partition coefficient (Wildman–Crippen LogP) is 2.88. The number of carbonyl (C=O) groups excluding carboxylic acids is 1. The number of nitrogens with one attached hydrogen (secondary N) is 1. The molecule has 2 aromatic carbocycles. The van der Waals surface area contributed by atoms with Gasteiger partial charge in [-0.3, -0.25) is 15.0 Å². The summed E-state index contributed by atoms with van der Waals surface area (Å²) >= 11 is 6.07. The number of nitrogens with two attached hydrogens (primary N) is 1. The number of hydrogen-bond acceptors (Lipinski definition) is 3. The van der Waals surface area contributed by atoms with Crippen molar-refractivity contribution in [3.05, 3.63) is 69.9 Å². The maximum atomic E-state index is 11.8. The lowest BCUT2D eigenvalue weighted by atomic mass is 10.1. The summed E-state index contributed by atoms with van der Waals surface area (Å²) in [5.41, 5.74) is 5.86. The van der Waals surface area contributed by atoms with Gasteiger partial charge in [0, 0.05) is 33.7 Å². The minimum absolute atomic E-state index is 0.126. The molecule has 3 aromatic rings. The molecule has 0 saturated carbocycles. The Bertz CT molecular complexity index is 1010. The first-order valence-corrected chi connectivity index (χ1v) is 8.37. The van der Waals surface area contributed by atoms with E-state index >= 15 is 0 Å². The minimum atomic E-state index is -0.927. The fourth-order valence-electron chi connectivity index (χ4n) is 3.17. The fraction of sp³-hybridized carbons (Fsp3) is 0.158. The van der Waals surface area contributed by atoms with E-state index in [9.17, 15) is 14.7 Å². The normalized spacial score (nSPS) is 10.9. The van der Waals surface area contributed by atoms with Crippen LogP contribution in [0.3, 0.4) is 0 Å². The molecule has 0 aliphatic rings. The highest BCUT2D eigenvalue weighted by Gasteiger charge is 2.18. The van der Waals surface area contributed by atoms with Crippen molar-refractivity contribution in [1.29, 1.82) is 0 Å². The fourth-order valence-corrected chi connectivity index (χ4v) is 3.39. The number of aliphatic carboxylic acids is 1. The van der Waals surface area contributed by atoms with Gasteiger partial charge < -0.3 is 9.67 Å². The third kappa shape index (κ3) is 3.42. The van der Waals surface area contributed by atoms with Crippen LogP contribution in [0.2, 0.25) is 5.02 Å². The molecule has 0 saturated heterocycles. The molecule has 134 valence electrons. The highest BCUT2D eigenvalue weighted by Crippen LogP contribution is 2.29. The Morgan fingerprint density at radius 3 is 2.65 bits per heavy atom. The van der Waals surface area contributed by atoms with E-state index in [2.05, 4.69) is 5.43 Å². The molecule has 0 radical (unpaired) electrons. The lowest BCUT2D eigenvalue weighted by Gasteiger charge is -2.09. The zero-order valence-corrected chi connectivity index (χ0v) is 14.9. The lowest BCUT2D eigenvalue weighted by molar-refractivity contribution is -0.136. The topological polar surface area (TPSA) is 97.3 Å². The van der Waals surface area contributed by atoms with Crippen LogP contribution in [0.1, 0.15) is 27.2 Å². The van der Waals surface area contributed by atoms with Crippen LogP contribution in [0.4, 0.5) is 0 Å². The first-order valence-electron chi connectivity index (χ1n) is 7.99. The van der Waals surface area contributed by atoms with Gasteiger partial charge in [-0.05, 0) is 48.4 Å². The van der Waals surface area contributed by atoms with Crippen molar-refractivity contribution in [2.45, 2.75) is 19.9 Å². The van der Waals surface area contributed by atoms with Gasteiger partial charge in [-0.25, -0.2) is 5.84 Å². The number of amides is 1. The summed E-state index contributed by atoms with van der Waals surface area (Å²) < 4.78 is 2.03. The van der Waals surface area contributed by atoms with Crippen LogP contribution >= 0.6 is 11.6 Å². The molecular weight excluding hydrogens is 354 g/mol. The van der Waals surface area contributed by atoms with Gasteiger partial charge in [0.15, 0.2) is 0 Å². The number of halogens is 1. The highest BCUT2D eigenvalue weighted by molar-refractivity contribution is 6.30. The van der Waals surface area contributed by atoms with E-state index in [1.165, 1.54) is 0 Å². The number of nitrogens with zero attached hydrogens (tertiary/aromatic N) is 1. The van der Waals surface area contributed by atoms with Crippen LogP contribution in [-0.2, 0) is 17.8 Å². The van der Waals surface area contributed by atoms with Gasteiger partial charge in [0.2, 0.25) is 0 Å². The number of carbonyl (C=O) groups is 2. The van der Waals surface area contributed by atoms with Crippen LogP contribution in [0.15, 0.2) is 42.5 Å². The molecular formula is C19H18ClN3O3. The number of benzene rings is 2. The zero-order chi connectivity index (χ0) is 18.8. The summed E-state index contributed by atoms with van der Waals surface area (Å²) in [6.07, 6.45) is -0.126. The second kappa shape index (κ2) is 7.19. The van der Waals surface area contributed by atoms with E-state index in [0.717, 1.165) is 22.2 Å². The number of aromatic nitrogens is 1. The second-order valence-corrected chi connectivity index (χ2v) is 6.49. The summed E-state index contributed by atoms with van der Waals surface area (Å²) in [4.78, 5) is 23.2. The molecule has 0 aliphatic carbocycles. The maximum absolute atomic E-state index is 11.8. The van der Waals surface area contributed by atoms with Gasteiger partial charge in [0.25, 0.3) is 5.91 Å². The van der Waals surface area contributed by atoms with Crippen molar-refractivity contribution in [1.82, 2.24) is 9.99 Å². The molecule has 3 rings (SSSR count). The van der Waals surface area contributed by atoms with Crippen LogP contribution < -0.4 is 11.3 Å². The SMILES string of the molecule is Cc1c(CC(=O)O)c2cc(C(=O)NN)ccc2n1Cc1cccc(Cl)c1. The Morgan fingerprint density at radius 1 is 1.23 bits per heavy atom. The molecule has 0 spiro atoms. The Morgan fingerprint density at radius 2 is 2.00 bits per heavy atom. The van der Waals surface area contributed by atoms with Crippen molar-refractivity contribution < 1.29 is 14.7 Å². The molecule has 0 atom stereocenters. The number of carboxylic acids is 1. The van der Waals surface area contributed by atoms with Crippen molar-refractivity contribution in [2.24, 2.45) is 5.84 Å². The lowest BCUT2D eigenvalue weighted by Crippen LogP contribution is -2.29. The summed E-state index contributed by atoms with van der Waals surface area (Å²) in [5, 5.41) is 10.7. The van der Waals surface area contributed by atoms with E-state index in [0.29, 0.717) is 22.7 Å². The number of rotatable bonds is 5. The monoisotopic (exact) mass is 371 g/mol. The van der Waals surface area contributed by atoms with Gasteiger partial charge in [-0.1, -0.05) is 23.7 Å². The average molecular weight is 372 g/mol. The summed E-state index contributed by atoms with van der Waals surface area (Å²) in [7, 11) is 0. The van der Waals surface area contributed by atoms with E-state index in [1.807, 2.05) is 35.8 Å². The number of nitrogen functional groups attached to an aromatic ring is 1. The van der Waals surface area contributed by atoms with Crippen molar-refractivity contribution in [3.63, 3.8) is 0 Å². The van der Waals surface area contributed by atoms with Crippen LogP contribution in [-0.4, -0.2) is 21.6 Å². The second-order valence-electron chi connectivity index (χ2n) is 6.06. The number of fused-ring (bicyclic) bond motifs is 1. The molecule has 7 heteroatoms. The maximum Gasteiger partial charge on any atom is 0.307 e. The summed E-state index contributed by atoms with van der Waals surface area (Å²) in [6.45, 7) is 2.43. The van der Waals surface area contributed by atoms with Crippen molar-refractivity contribution >= 4 is 34.4 Å². The highest BCUT2D eigenvalue weighted by atomic mass is 35.5. The minimum Gasteiger partial charge on any atom is -0.481 e. The number of hydrazine groups is 1. The molecule has 0 bridgehead atoms. The third-order valence-electron chi connectivity index (χ3n) is 4.41. The molecule has 6 nitrogen and oxygen atoms in total. The van der Waals surface area contributed by atoms with Crippen molar-refractivity contribution in [2.75, 3.05) is 0 Å². The standard InChI is InChI=1S/C19H18ClN3O3/c1-11-15(9-18(24)25)16-8-13(19(26)22-21)5-6-17(16)23(11)10-12-3-2-4-14(20)7-12/h2-8H,9-10,21H2,1H3,(H,22,26)(H,24,25). The van der Waals surface area contributed by atoms with Gasteiger partial charge in [-0.15, -0.1) is 0 Å². The van der Waals surface area contributed by atoms with Crippen LogP contribution in [0, 0.1) is 6.92 Å². The Labute approximate surface area is 155 Å². The smallest absolute Gasteiger partial charge is 0.307 e. The largest absolute Gasteiger partial charge is 0.481 e. The third-order valence-corrected chi connectivity index (χ3v) is 4.64.